The molecule has 2 aromatic rings. The average molecular weight is 329 g/mol. The number of hydrogen-bond donors (Lipinski definition) is 1. The van der Waals surface area contributed by atoms with Gasteiger partial charge in [0.05, 0.1) is 16.4 Å². The zero-order valence-electron chi connectivity index (χ0n) is 13.3. The van der Waals surface area contributed by atoms with Gasteiger partial charge in [-0.3, -0.25) is 4.79 Å². The van der Waals surface area contributed by atoms with Crippen LogP contribution in [-0.4, -0.2) is 19.0 Å². The molecular formula is C19H21ClN2O. The van der Waals surface area contributed by atoms with Gasteiger partial charge in [-0.15, -0.1) is 0 Å². The molecule has 0 radical (unpaired) electrons. The molecule has 0 aliphatic carbocycles. The first-order valence-corrected chi connectivity index (χ1v) is 8.44. The Morgan fingerprint density at radius 2 is 1.83 bits per heavy atom. The number of amides is 1. The lowest BCUT2D eigenvalue weighted by Crippen LogP contribution is -2.30. The van der Waals surface area contributed by atoms with E-state index in [9.17, 15) is 4.79 Å². The molecule has 0 aromatic heterocycles. The molecule has 4 heteroatoms. The number of rotatable bonds is 3. The van der Waals surface area contributed by atoms with Crippen molar-refractivity contribution in [2.75, 3.05) is 23.3 Å². The van der Waals surface area contributed by atoms with Crippen molar-refractivity contribution < 1.29 is 4.79 Å². The maximum Gasteiger partial charge on any atom is 0.255 e. The van der Waals surface area contributed by atoms with Gasteiger partial charge in [0.15, 0.2) is 0 Å². The molecule has 2 aromatic carbocycles. The maximum absolute atomic E-state index is 12.5. The van der Waals surface area contributed by atoms with Crippen LogP contribution in [0.5, 0.6) is 0 Å². The zero-order chi connectivity index (χ0) is 16.2. The summed E-state index contributed by atoms with van der Waals surface area (Å²) in [6.45, 7) is 3.95. The number of piperidine rings is 1. The lowest BCUT2D eigenvalue weighted by atomic mass is 10.1. The molecule has 1 fully saturated rings. The van der Waals surface area contributed by atoms with Crippen LogP contribution in [0.25, 0.3) is 0 Å². The topological polar surface area (TPSA) is 32.3 Å². The third kappa shape index (κ3) is 3.67. The summed E-state index contributed by atoms with van der Waals surface area (Å²) in [5.74, 6) is -0.103. The molecule has 0 spiro atoms. The number of para-hydroxylation sites is 1. The highest BCUT2D eigenvalue weighted by Gasteiger charge is 2.19. The van der Waals surface area contributed by atoms with E-state index in [4.69, 9.17) is 11.6 Å². The molecule has 0 unspecified atom stereocenters. The number of carbonyl (C=O) groups excluding carboxylic acids is 1. The van der Waals surface area contributed by atoms with Crippen LogP contribution >= 0.6 is 11.6 Å². The number of carbonyl (C=O) groups is 1. The summed E-state index contributed by atoms with van der Waals surface area (Å²) in [6.07, 6.45) is 3.58. The second-order valence-corrected chi connectivity index (χ2v) is 6.41. The largest absolute Gasteiger partial charge is 0.369 e. The Morgan fingerprint density at radius 3 is 2.57 bits per heavy atom. The van der Waals surface area contributed by atoms with E-state index >= 15 is 0 Å². The maximum atomic E-state index is 12.5. The van der Waals surface area contributed by atoms with Crippen molar-refractivity contribution >= 4 is 28.9 Å². The molecule has 1 N–H and O–H groups in total. The van der Waals surface area contributed by atoms with Crippen LogP contribution in [-0.2, 0) is 0 Å². The van der Waals surface area contributed by atoms with Crippen molar-refractivity contribution in [3.05, 3.63) is 58.6 Å². The van der Waals surface area contributed by atoms with Crippen molar-refractivity contribution in [3.63, 3.8) is 0 Å². The molecule has 1 aliphatic heterocycles. The predicted octanol–water partition coefficient (Wildman–Crippen LogP) is 4.89. The van der Waals surface area contributed by atoms with Crippen molar-refractivity contribution in [2.45, 2.75) is 26.2 Å². The van der Waals surface area contributed by atoms with Crippen molar-refractivity contribution in [2.24, 2.45) is 0 Å². The number of hydrogen-bond acceptors (Lipinski definition) is 2. The fourth-order valence-corrected chi connectivity index (χ4v) is 3.33. The second-order valence-electron chi connectivity index (χ2n) is 6.01. The van der Waals surface area contributed by atoms with Crippen LogP contribution in [0.2, 0.25) is 5.02 Å². The highest BCUT2D eigenvalue weighted by atomic mass is 35.5. The normalized spacial score (nSPS) is 14.6. The van der Waals surface area contributed by atoms with Crippen molar-refractivity contribution in [3.8, 4) is 0 Å². The Morgan fingerprint density at radius 1 is 1.09 bits per heavy atom. The molecule has 120 valence electrons. The first-order valence-electron chi connectivity index (χ1n) is 8.06. The number of halogens is 1. The van der Waals surface area contributed by atoms with Crippen LogP contribution < -0.4 is 10.2 Å². The zero-order valence-corrected chi connectivity index (χ0v) is 14.1. The van der Waals surface area contributed by atoms with Gasteiger partial charge in [-0.05, 0) is 50.5 Å². The van der Waals surface area contributed by atoms with Gasteiger partial charge in [0.2, 0.25) is 0 Å². The van der Waals surface area contributed by atoms with E-state index in [2.05, 4.69) is 10.2 Å². The Kier molecular flexibility index (Phi) is 4.87. The fraction of sp³-hybridized carbons (Fsp3) is 0.316. The number of nitrogens with one attached hydrogen (secondary N) is 1. The summed E-state index contributed by atoms with van der Waals surface area (Å²) in [5, 5.41) is 3.72. The SMILES string of the molecule is Cc1cccc(C(=O)Nc2cccc(Cl)c2N2CCCCC2)c1. The number of benzene rings is 2. The molecule has 0 atom stereocenters. The van der Waals surface area contributed by atoms with E-state index in [1.807, 2.05) is 49.4 Å². The highest BCUT2D eigenvalue weighted by molar-refractivity contribution is 6.34. The van der Waals surface area contributed by atoms with E-state index in [-0.39, 0.29) is 5.91 Å². The third-order valence-electron chi connectivity index (χ3n) is 4.19. The van der Waals surface area contributed by atoms with Gasteiger partial charge in [0.25, 0.3) is 5.91 Å². The number of anilines is 2. The Balaban J connectivity index is 1.87. The molecule has 1 heterocycles. The van der Waals surface area contributed by atoms with E-state index in [1.54, 1.807) is 0 Å². The fourth-order valence-electron chi connectivity index (χ4n) is 3.04. The summed E-state index contributed by atoms with van der Waals surface area (Å²) >= 11 is 6.42. The van der Waals surface area contributed by atoms with Gasteiger partial charge in [-0.25, -0.2) is 0 Å². The Hall–Kier alpha value is -2.00. The van der Waals surface area contributed by atoms with Crippen molar-refractivity contribution in [1.29, 1.82) is 0 Å². The molecule has 3 nitrogen and oxygen atoms in total. The van der Waals surface area contributed by atoms with Crippen LogP contribution in [0.15, 0.2) is 42.5 Å². The van der Waals surface area contributed by atoms with E-state index in [1.165, 1.54) is 6.42 Å². The highest BCUT2D eigenvalue weighted by Crippen LogP contribution is 2.35. The monoisotopic (exact) mass is 328 g/mol. The van der Waals surface area contributed by atoms with Crippen LogP contribution in [0.1, 0.15) is 35.2 Å². The molecular weight excluding hydrogens is 308 g/mol. The van der Waals surface area contributed by atoms with Crippen LogP contribution in [0, 0.1) is 6.92 Å². The van der Waals surface area contributed by atoms with Crippen LogP contribution in [0.4, 0.5) is 11.4 Å². The summed E-state index contributed by atoms with van der Waals surface area (Å²) in [5.41, 5.74) is 3.45. The Labute approximate surface area is 142 Å². The van der Waals surface area contributed by atoms with Gasteiger partial charge < -0.3 is 10.2 Å². The molecule has 1 saturated heterocycles. The summed E-state index contributed by atoms with van der Waals surface area (Å²) in [4.78, 5) is 14.8. The summed E-state index contributed by atoms with van der Waals surface area (Å²) in [6, 6.07) is 13.3. The van der Waals surface area contributed by atoms with Crippen molar-refractivity contribution in [1.82, 2.24) is 0 Å². The standard InChI is InChI=1S/C19H21ClN2O/c1-14-7-5-8-15(13-14)19(23)21-17-10-6-9-16(20)18(17)22-11-3-2-4-12-22/h5-10,13H,2-4,11-12H2,1H3,(H,21,23). The first-order chi connectivity index (χ1) is 11.1. The van der Waals surface area contributed by atoms with E-state index < -0.39 is 0 Å². The average Bonchev–Trinajstić information content (AvgIpc) is 2.56. The minimum Gasteiger partial charge on any atom is -0.369 e. The molecule has 1 aliphatic rings. The molecule has 3 rings (SSSR count). The lowest BCUT2D eigenvalue weighted by molar-refractivity contribution is 0.102. The van der Waals surface area contributed by atoms with Crippen LogP contribution in [0.3, 0.4) is 0 Å². The van der Waals surface area contributed by atoms with Gasteiger partial charge in [-0.1, -0.05) is 35.4 Å². The van der Waals surface area contributed by atoms with Gasteiger partial charge in [-0.2, -0.15) is 0 Å². The number of nitrogens with zero attached hydrogens (tertiary/aromatic N) is 1. The minimum atomic E-state index is -0.103. The first kappa shape index (κ1) is 15.9. The van der Waals surface area contributed by atoms with E-state index in [0.717, 1.165) is 42.9 Å². The smallest absolute Gasteiger partial charge is 0.255 e. The molecule has 23 heavy (non-hydrogen) atoms. The third-order valence-corrected chi connectivity index (χ3v) is 4.49. The van der Waals surface area contributed by atoms with Gasteiger partial charge in [0.1, 0.15) is 0 Å². The molecule has 0 bridgehead atoms. The van der Waals surface area contributed by atoms with E-state index in [0.29, 0.717) is 10.6 Å². The predicted molar refractivity (Wildman–Crippen MR) is 96.6 cm³/mol. The molecule has 0 saturated carbocycles. The van der Waals surface area contributed by atoms with Gasteiger partial charge >= 0.3 is 0 Å². The molecule has 1 amide bonds. The summed E-state index contributed by atoms with van der Waals surface area (Å²) < 4.78 is 0. The lowest BCUT2D eigenvalue weighted by Gasteiger charge is -2.31. The minimum absolute atomic E-state index is 0.103. The number of aryl methyl sites for hydroxylation is 1. The Bertz CT molecular complexity index is 708. The van der Waals surface area contributed by atoms with Gasteiger partial charge in [0, 0.05) is 18.7 Å². The summed E-state index contributed by atoms with van der Waals surface area (Å²) in [7, 11) is 0. The second kappa shape index (κ2) is 7.05. The quantitative estimate of drug-likeness (QED) is 0.870.